The second-order valence-corrected chi connectivity index (χ2v) is 4.60. The highest BCUT2D eigenvalue weighted by Gasteiger charge is 2.15. The van der Waals surface area contributed by atoms with Crippen molar-refractivity contribution in [3.8, 4) is 0 Å². The monoisotopic (exact) mass is 208 g/mol. The first-order valence-electron chi connectivity index (χ1n) is 5.27. The van der Waals surface area contributed by atoms with E-state index < -0.39 is 0 Å². The summed E-state index contributed by atoms with van der Waals surface area (Å²) in [6.07, 6.45) is 2.61. The van der Waals surface area contributed by atoms with Crippen molar-refractivity contribution in [2.75, 3.05) is 17.6 Å². The molecule has 0 radical (unpaired) electrons. The number of nitrogens with two attached hydrogens (primary N) is 1. The van der Waals surface area contributed by atoms with E-state index >= 15 is 0 Å². The van der Waals surface area contributed by atoms with Crippen LogP contribution in [-0.4, -0.2) is 16.5 Å². The zero-order chi connectivity index (χ0) is 11.5. The second-order valence-electron chi connectivity index (χ2n) is 4.60. The Morgan fingerprint density at radius 3 is 2.67 bits per heavy atom. The first-order valence-corrected chi connectivity index (χ1v) is 5.27. The molecule has 0 aliphatic rings. The van der Waals surface area contributed by atoms with Crippen LogP contribution in [0.1, 0.15) is 32.8 Å². The summed E-state index contributed by atoms with van der Waals surface area (Å²) in [4.78, 5) is 8.10. The molecule has 0 aliphatic heterocycles. The lowest BCUT2D eigenvalue weighted by Crippen LogP contribution is -2.23. The first kappa shape index (κ1) is 11.8. The molecule has 0 spiro atoms. The van der Waals surface area contributed by atoms with E-state index in [9.17, 15) is 0 Å². The van der Waals surface area contributed by atoms with Gasteiger partial charge in [0.1, 0.15) is 18.0 Å². The van der Waals surface area contributed by atoms with E-state index in [1.807, 2.05) is 6.92 Å². The molecule has 0 saturated carbocycles. The lowest BCUT2D eigenvalue weighted by atomic mass is 9.90. The maximum atomic E-state index is 5.70. The van der Waals surface area contributed by atoms with Gasteiger partial charge in [0, 0.05) is 12.1 Å². The van der Waals surface area contributed by atoms with Crippen LogP contribution in [0.2, 0.25) is 0 Å². The Morgan fingerprint density at radius 2 is 2.07 bits per heavy atom. The van der Waals surface area contributed by atoms with Gasteiger partial charge in [0.25, 0.3) is 0 Å². The molecule has 4 heteroatoms. The highest BCUT2D eigenvalue weighted by Crippen LogP contribution is 2.22. The standard InChI is InChI=1S/C11H20N4/c1-5-11(3,4)6-13-10-8(2)9(12)14-7-15-10/h7H,5-6H2,1-4H3,(H3,12,13,14,15). The van der Waals surface area contributed by atoms with Gasteiger partial charge in [-0.25, -0.2) is 9.97 Å². The Labute approximate surface area is 91.3 Å². The maximum absolute atomic E-state index is 5.70. The summed E-state index contributed by atoms with van der Waals surface area (Å²) < 4.78 is 0. The van der Waals surface area contributed by atoms with Crippen LogP contribution >= 0.6 is 0 Å². The number of hydrogen-bond acceptors (Lipinski definition) is 4. The lowest BCUT2D eigenvalue weighted by Gasteiger charge is -2.23. The van der Waals surface area contributed by atoms with Gasteiger partial charge < -0.3 is 11.1 Å². The van der Waals surface area contributed by atoms with Crippen LogP contribution in [0.25, 0.3) is 0 Å². The van der Waals surface area contributed by atoms with Gasteiger partial charge in [0.15, 0.2) is 0 Å². The Hall–Kier alpha value is -1.32. The number of rotatable bonds is 4. The fourth-order valence-corrected chi connectivity index (χ4v) is 1.09. The fraction of sp³-hybridized carbons (Fsp3) is 0.636. The van der Waals surface area contributed by atoms with Crippen molar-refractivity contribution in [2.24, 2.45) is 5.41 Å². The third-order valence-corrected chi connectivity index (χ3v) is 2.81. The minimum absolute atomic E-state index is 0.270. The van der Waals surface area contributed by atoms with Crippen LogP contribution in [0.4, 0.5) is 11.6 Å². The van der Waals surface area contributed by atoms with Crippen LogP contribution in [-0.2, 0) is 0 Å². The van der Waals surface area contributed by atoms with Crippen molar-refractivity contribution < 1.29 is 0 Å². The van der Waals surface area contributed by atoms with Gasteiger partial charge in [0.05, 0.1) is 0 Å². The Kier molecular flexibility index (Phi) is 3.50. The summed E-state index contributed by atoms with van der Waals surface area (Å²) in [5.74, 6) is 1.38. The largest absolute Gasteiger partial charge is 0.383 e. The molecular formula is C11H20N4. The van der Waals surface area contributed by atoms with E-state index in [1.54, 1.807) is 0 Å². The van der Waals surface area contributed by atoms with Crippen LogP contribution in [0.5, 0.6) is 0 Å². The zero-order valence-electron chi connectivity index (χ0n) is 9.96. The summed E-state index contributed by atoms with van der Waals surface area (Å²) in [5, 5.41) is 3.31. The highest BCUT2D eigenvalue weighted by atomic mass is 15.0. The number of nitrogens with zero attached hydrogens (tertiary/aromatic N) is 2. The summed E-state index contributed by atoms with van der Waals surface area (Å²) in [6, 6.07) is 0. The lowest BCUT2D eigenvalue weighted by molar-refractivity contribution is 0.376. The second kappa shape index (κ2) is 4.47. The smallest absolute Gasteiger partial charge is 0.134 e. The van der Waals surface area contributed by atoms with Gasteiger partial charge >= 0.3 is 0 Å². The van der Waals surface area contributed by atoms with Crippen molar-refractivity contribution in [1.29, 1.82) is 0 Å². The van der Waals surface area contributed by atoms with Gasteiger partial charge in [-0.15, -0.1) is 0 Å². The number of hydrogen-bond donors (Lipinski definition) is 2. The molecule has 3 N–H and O–H groups in total. The quantitative estimate of drug-likeness (QED) is 0.796. The topological polar surface area (TPSA) is 63.8 Å². The van der Waals surface area contributed by atoms with E-state index in [2.05, 4.69) is 36.1 Å². The zero-order valence-corrected chi connectivity index (χ0v) is 9.96. The van der Waals surface area contributed by atoms with Crippen molar-refractivity contribution in [3.05, 3.63) is 11.9 Å². The molecule has 1 aromatic heterocycles. The molecule has 0 fully saturated rings. The van der Waals surface area contributed by atoms with Gasteiger partial charge in [-0.1, -0.05) is 20.8 Å². The van der Waals surface area contributed by atoms with E-state index in [0.29, 0.717) is 5.82 Å². The van der Waals surface area contributed by atoms with Gasteiger partial charge in [-0.3, -0.25) is 0 Å². The SMILES string of the molecule is CCC(C)(C)CNc1ncnc(N)c1C. The molecule has 0 saturated heterocycles. The average molecular weight is 208 g/mol. The minimum Gasteiger partial charge on any atom is -0.383 e. The Bertz CT molecular complexity index is 333. The predicted octanol–water partition coefficient (Wildman–Crippen LogP) is 2.22. The van der Waals surface area contributed by atoms with E-state index in [0.717, 1.165) is 24.3 Å². The normalized spacial score (nSPS) is 11.5. The third kappa shape index (κ3) is 3.08. The van der Waals surface area contributed by atoms with Crippen molar-refractivity contribution in [3.63, 3.8) is 0 Å². The van der Waals surface area contributed by atoms with E-state index in [1.165, 1.54) is 6.33 Å². The van der Waals surface area contributed by atoms with Gasteiger partial charge in [-0.2, -0.15) is 0 Å². The van der Waals surface area contributed by atoms with Crippen LogP contribution in [0.3, 0.4) is 0 Å². The van der Waals surface area contributed by atoms with Gasteiger partial charge in [0.2, 0.25) is 0 Å². The molecule has 1 rings (SSSR count). The predicted molar refractivity (Wildman–Crippen MR) is 63.7 cm³/mol. The van der Waals surface area contributed by atoms with Crippen LogP contribution in [0.15, 0.2) is 6.33 Å². The molecule has 1 heterocycles. The molecule has 0 bridgehead atoms. The van der Waals surface area contributed by atoms with E-state index in [-0.39, 0.29) is 5.41 Å². The van der Waals surface area contributed by atoms with E-state index in [4.69, 9.17) is 5.73 Å². The van der Waals surface area contributed by atoms with Crippen molar-refractivity contribution >= 4 is 11.6 Å². The van der Waals surface area contributed by atoms with Crippen molar-refractivity contribution in [1.82, 2.24) is 9.97 Å². The van der Waals surface area contributed by atoms with Crippen LogP contribution < -0.4 is 11.1 Å². The molecule has 15 heavy (non-hydrogen) atoms. The summed E-state index contributed by atoms with van der Waals surface area (Å²) in [5.41, 5.74) is 6.89. The summed E-state index contributed by atoms with van der Waals surface area (Å²) in [7, 11) is 0. The summed E-state index contributed by atoms with van der Waals surface area (Å²) >= 11 is 0. The maximum Gasteiger partial charge on any atom is 0.134 e. The Morgan fingerprint density at radius 1 is 1.40 bits per heavy atom. The number of aromatic nitrogens is 2. The summed E-state index contributed by atoms with van der Waals surface area (Å²) in [6.45, 7) is 9.44. The Balaban J connectivity index is 2.70. The molecule has 0 aromatic carbocycles. The van der Waals surface area contributed by atoms with Crippen molar-refractivity contribution in [2.45, 2.75) is 34.1 Å². The minimum atomic E-state index is 0.270. The number of nitrogens with one attached hydrogen (secondary N) is 1. The molecule has 0 aliphatic carbocycles. The number of nitrogen functional groups attached to an aromatic ring is 1. The molecule has 0 unspecified atom stereocenters. The molecule has 4 nitrogen and oxygen atoms in total. The first-order chi connectivity index (χ1) is 6.96. The average Bonchev–Trinajstić information content (AvgIpc) is 2.20. The molecular weight excluding hydrogens is 188 g/mol. The van der Waals surface area contributed by atoms with Gasteiger partial charge in [-0.05, 0) is 18.8 Å². The molecule has 0 atom stereocenters. The fourth-order valence-electron chi connectivity index (χ4n) is 1.09. The molecule has 1 aromatic rings. The third-order valence-electron chi connectivity index (χ3n) is 2.81. The molecule has 84 valence electrons. The highest BCUT2D eigenvalue weighted by molar-refractivity contribution is 5.53. The van der Waals surface area contributed by atoms with Crippen LogP contribution in [0, 0.1) is 12.3 Å². The number of anilines is 2. The molecule has 0 amide bonds.